The predicted molar refractivity (Wildman–Crippen MR) is 84.7 cm³/mol. The van der Waals surface area contributed by atoms with Crippen LogP contribution in [0.3, 0.4) is 0 Å². The lowest BCUT2D eigenvalue weighted by molar-refractivity contribution is 0.416. The first-order valence-electron chi connectivity index (χ1n) is 8.18. The molecule has 0 N–H and O–H groups in total. The summed E-state index contributed by atoms with van der Waals surface area (Å²) in [7, 11) is 0. The van der Waals surface area contributed by atoms with E-state index in [9.17, 15) is 0 Å². The molecule has 0 aromatic heterocycles. The van der Waals surface area contributed by atoms with E-state index in [1.807, 2.05) is 0 Å². The van der Waals surface area contributed by atoms with Gasteiger partial charge in [0.1, 0.15) is 0 Å². The molecule has 0 bridgehead atoms. The fraction of sp³-hybridized carbons (Fsp3) is 0.833. The van der Waals surface area contributed by atoms with E-state index in [2.05, 4.69) is 39.8 Å². The van der Waals surface area contributed by atoms with Crippen molar-refractivity contribution in [2.45, 2.75) is 85.0 Å². The second-order valence-corrected chi connectivity index (χ2v) is 5.82. The van der Waals surface area contributed by atoms with Crippen molar-refractivity contribution in [3.63, 3.8) is 0 Å². The Morgan fingerprint density at radius 2 is 1.61 bits per heavy atom. The maximum Gasteiger partial charge on any atom is -0.0236 e. The summed E-state index contributed by atoms with van der Waals surface area (Å²) in [4.78, 5) is 0. The van der Waals surface area contributed by atoms with Crippen molar-refractivity contribution in [2.75, 3.05) is 0 Å². The molecule has 0 heteroatoms. The smallest absolute Gasteiger partial charge is 0.0236 e. The Balaban J connectivity index is 3.44. The first-order chi connectivity index (χ1) is 8.72. The van der Waals surface area contributed by atoms with E-state index >= 15 is 0 Å². The lowest BCUT2D eigenvalue weighted by Gasteiger charge is -2.15. The summed E-state index contributed by atoms with van der Waals surface area (Å²) in [6, 6.07) is 0. The minimum Gasteiger partial charge on any atom is -0.0883 e. The van der Waals surface area contributed by atoms with Crippen LogP contribution in [-0.2, 0) is 0 Å². The van der Waals surface area contributed by atoms with E-state index < -0.39 is 0 Å². The summed E-state index contributed by atoms with van der Waals surface area (Å²) < 4.78 is 0. The maximum absolute atomic E-state index is 3.92. The van der Waals surface area contributed by atoms with Gasteiger partial charge in [0.15, 0.2) is 0 Å². The van der Waals surface area contributed by atoms with Crippen LogP contribution in [0.15, 0.2) is 12.2 Å². The average molecular weight is 251 g/mol. The highest BCUT2D eigenvalue weighted by molar-refractivity contribution is 4.88. The number of hydrogen-bond donors (Lipinski definition) is 0. The molecule has 0 saturated heterocycles. The molecule has 0 nitrogen and oxygen atoms in total. The summed E-state index contributed by atoms with van der Waals surface area (Å²) in [6.07, 6.45) is 18.2. The molecule has 0 aliphatic rings. The molecule has 0 aromatic rings. The van der Waals surface area contributed by atoms with Crippen LogP contribution in [-0.4, -0.2) is 0 Å². The summed E-state index contributed by atoms with van der Waals surface area (Å²) in [5, 5.41) is 0. The highest BCUT2D eigenvalue weighted by Gasteiger charge is 2.07. The van der Waals surface area contributed by atoms with Crippen LogP contribution in [0.4, 0.5) is 0 Å². The zero-order valence-corrected chi connectivity index (χ0v) is 13.1. The Morgan fingerprint density at radius 1 is 0.944 bits per heavy atom. The van der Waals surface area contributed by atoms with Crippen LogP contribution in [0, 0.1) is 18.8 Å². The van der Waals surface area contributed by atoms with Crippen LogP contribution in [0.1, 0.15) is 85.0 Å². The second-order valence-electron chi connectivity index (χ2n) is 5.82. The molecule has 0 aromatic carbocycles. The Labute approximate surface area is 116 Å². The zero-order valence-electron chi connectivity index (χ0n) is 13.1. The normalized spacial score (nSPS) is 15.1. The SMILES string of the molecule is [CH2]CCCC(C)C(C)C=CCCCCCCCC. The van der Waals surface area contributed by atoms with Crippen molar-refractivity contribution in [3.05, 3.63) is 19.1 Å². The molecule has 0 heterocycles. The molecule has 0 saturated carbocycles. The molecule has 2 unspecified atom stereocenters. The van der Waals surface area contributed by atoms with Crippen molar-refractivity contribution in [2.24, 2.45) is 11.8 Å². The van der Waals surface area contributed by atoms with Gasteiger partial charge in [0.25, 0.3) is 0 Å². The van der Waals surface area contributed by atoms with Crippen LogP contribution in [0.2, 0.25) is 0 Å². The summed E-state index contributed by atoms with van der Waals surface area (Å²) in [6.45, 7) is 10.9. The summed E-state index contributed by atoms with van der Waals surface area (Å²) in [5.74, 6) is 1.55. The predicted octanol–water partition coefficient (Wildman–Crippen LogP) is 6.57. The molecule has 18 heavy (non-hydrogen) atoms. The molecular weight excluding hydrogens is 216 g/mol. The van der Waals surface area contributed by atoms with E-state index in [1.54, 1.807) is 0 Å². The topological polar surface area (TPSA) is 0 Å². The van der Waals surface area contributed by atoms with Crippen LogP contribution >= 0.6 is 0 Å². The molecular formula is C18H35. The number of rotatable bonds is 12. The molecule has 0 rings (SSSR count). The third-order valence-corrected chi connectivity index (χ3v) is 3.97. The van der Waals surface area contributed by atoms with Crippen molar-refractivity contribution < 1.29 is 0 Å². The van der Waals surface area contributed by atoms with Gasteiger partial charge in [0.2, 0.25) is 0 Å². The van der Waals surface area contributed by atoms with Gasteiger partial charge in [0, 0.05) is 0 Å². The number of allylic oxidation sites excluding steroid dienone is 2. The molecule has 0 amide bonds. The standard InChI is InChI=1S/C18H35/c1-5-7-9-10-11-12-13-14-16-18(4)17(3)15-8-6-2/h14,16-18H,2,5-13,15H2,1,3-4H3. The van der Waals surface area contributed by atoms with Gasteiger partial charge in [0.05, 0.1) is 0 Å². The molecule has 107 valence electrons. The van der Waals surface area contributed by atoms with Gasteiger partial charge >= 0.3 is 0 Å². The highest BCUT2D eigenvalue weighted by atomic mass is 14.1. The lowest BCUT2D eigenvalue weighted by Crippen LogP contribution is -2.04. The largest absolute Gasteiger partial charge is 0.0883 e. The molecule has 0 aliphatic carbocycles. The van der Waals surface area contributed by atoms with Gasteiger partial charge in [-0.1, -0.05) is 91.2 Å². The fourth-order valence-electron chi connectivity index (χ4n) is 2.27. The minimum absolute atomic E-state index is 0.733. The third kappa shape index (κ3) is 10.9. The first-order valence-corrected chi connectivity index (χ1v) is 8.18. The van der Waals surface area contributed by atoms with E-state index in [1.165, 1.54) is 57.8 Å². The Kier molecular flexibility index (Phi) is 13.0. The van der Waals surface area contributed by atoms with Crippen molar-refractivity contribution in [3.8, 4) is 0 Å². The van der Waals surface area contributed by atoms with Gasteiger partial charge in [-0.3, -0.25) is 0 Å². The monoisotopic (exact) mass is 251 g/mol. The van der Waals surface area contributed by atoms with Gasteiger partial charge in [-0.05, 0) is 24.7 Å². The van der Waals surface area contributed by atoms with E-state index in [0.717, 1.165) is 18.3 Å². The van der Waals surface area contributed by atoms with E-state index in [4.69, 9.17) is 0 Å². The Morgan fingerprint density at radius 3 is 2.28 bits per heavy atom. The minimum atomic E-state index is 0.733. The lowest BCUT2D eigenvalue weighted by atomic mass is 9.90. The molecule has 0 fully saturated rings. The summed E-state index contributed by atoms with van der Waals surface area (Å²) in [5.41, 5.74) is 0. The first kappa shape index (κ1) is 17.7. The quantitative estimate of drug-likeness (QED) is 0.272. The van der Waals surface area contributed by atoms with Crippen molar-refractivity contribution >= 4 is 0 Å². The zero-order chi connectivity index (χ0) is 13.6. The van der Waals surface area contributed by atoms with Gasteiger partial charge < -0.3 is 0 Å². The van der Waals surface area contributed by atoms with Gasteiger partial charge in [-0.15, -0.1) is 0 Å². The van der Waals surface area contributed by atoms with Crippen LogP contribution in [0.25, 0.3) is 0 Å². The van der Waals surface area contributed by atoms with Gasteiger partial charge in [-0.2, -0.15) is 0 Å². The van der Waals surface area contributed by atoms with Crippen molar-refractivity contribution in [1.29, 1.82) is 0 Å². The van der Waals surface area contributed by atoms with Crippen molar-refractivity contribution in [1.82, 2.24) is 0 Å². The molecule has 0 aliphatic heterocycles. The average Bonchev–Trinajstić information content (AvgIpc) is 2.38. The Bertz CT molecular complexity index is 180. The second kappa shape index (κ2) is 13.2. The number of hydrogen-bond acceptors (Lipinski definition) is 0. The fourth-order valence-corrected chi connectivity index (χ4v) is 2.27. The van der Waals surface area contributed by atoms with Crippen LogP contribution in [0.5, 0.6) is 0 Å². The van der Waals surface area contributed by atoms with Gasteiger partial charge in [-0.25, -0.2) is 0 Å². The third-order valence-electron chi connectivity index (χ3n) is 3.97. The Hall–Kier alpha value is -0.260. The molecule has 0 spiro atoms. The van der Waals surface area contributed by atoms with Crippen LogP contribution < -0.4 is 0 Å². The van der Waals surface area contributed by atoms with E-state index in [-0.39, 0.29) is 0 Å². The highest BCUT2D eigenvalue weighted by Crippen LogP contribution is 2.19. The maximum atomic E-state index is 3.92. The molecule has 1 radical (unpaired) electrons. The van der Waals surface area contributed by atoms with E-state index in [0.29, 0.717) is 0 Å². The molecule has 2 atom stereocenters. The summed E-state index contributed by atoms with van der Waals surface area (Å²) >= 11 is 0. The number of unbranched alkanes of at least 4 members (excludes halogenated alkanes) is 7.